The summed E-state index contributed by atoms with van der Waals surface area (Å²) in [5, 5.41) is 0.325. The van der Waals surface area contributed by atoms with Crippen molar-refractivity contribution in [1.29, 1.82) is 0 Å². The Balaban J connectivity index is 2.04. The maximum absolute atomic E-state index is 14.4. The van der Waals surface area contributed by atoms with Gasteiger partial charge in [0.15, 0.2) is 0 Å². The third-order valence-corrected chi connectivity index (χ3v) is 4.76. The van der Waals surface area contributed by atoms with E-state index in [2.05, 4.69) is 0 Å². The molecule has 24 heavy (non-hydrogen) atoms. The molecule has 0 heterocycles. The van der Waals surface area contributed by atoms with Crippen LogP contribution in [0.25, 0.3) is 0 Å². The third kappa shape index (κ3) is 3.44. The SMILES string of the molecule is O=C(c1ccccc1Cl)N(c1ccc(F)cc1F)C1CCCCC1. The number of carbonyl (C=O) groups is 1. The first-order chi connectivity index (χ1) is 11.6. The van der Waals surface area contributed by atoms with Gasteiger partial charge in [0.2, 0.25) is 0 Å². The molecule has 1 aliphatic rings. The highest BCUT2D eigenvalue weighted by Gasteiger charge is 2.30. The van der Waals surface area contributed by atoms with Gasteiger partial charge in [0.05, 0.1) is 16.3 Å². The number of anilines is 1. The third-order valence-electron chi connectivity index (χ3n) is 4.43. The molecule has 1 saturated carbocycles. The normalized spacial score (nSPS) is 15.3. The summed E-state index contributed by atoms with van der Waals surface area (Å²) >= 11 is 6.15. The van der Waals surface area contributed by atoms with Crippen LogP contribution in [-0.4, -0.2) is 11.9 Å². The maximum Gasteiger partial charge on any atom is 0.260 e. The summed E-state index contributed by atoms with van der Waals surface area (Å²) in [6.07, 6.45) is 4.68. The summed E-state index contributed by atoms with van der Waals surface area (Å²) in [6, 6.07) is 9.92. The van der Waals surface area contributed by atoms with E-state index in [0.717, 1.165) is 38.2 Å². The Kier molecular flexibility index (Phi) is 5.14. The Morgan fingerprint density at radius 3 is 2.42 bits per heavy atom. The Morgan fingerprint density at radius 1 is 1.04 bits per heavy atom. The van der Waals surface area contributed by atoms with Crippen molar-refractivity contribution in [2.75, 3.05) is 4.90 Å². The molecule has 0 aromatic heterocycles. The van der Waals surface area contributed by atoms with E-state index >= 15 is 0 Å². The molecule has 0 atom stereocenters. The molecule has 2 nitrogen and oxygen atoms in total. The molecule has 1 aliphatic carbocycles. The van der Waals surface area contributed by atoms with Gasteiger partial charge in [-0.05, 0) is 37.1 Å². The highest BCUT2D eigenvalue weighted by atomic mass is 35.5. The summed E-state index contributed by atoms with van der Waals surface area (Å²) in [6.45, 7) is 0. The molecule has 2 aromatic carbocycles. The van der Waals surface area contributed by atoms with Crippen molar-refractivity contribution in [3.05, 3.63) is 64.7 Å². The van der Waals surface area contributed by atoms with Crippen LogP contribution in [0.1, 0.15) is 42.5 Å². The Morgan fingerprint density at radius 2 is 1.75 bits per heavy atom. The monoisotopic (exact) mass is 349 g/mol. The van der Waals surface area contributed by atoms with Crippen LogP contribution in [0.3, 0.4) is 0 Å². The minimum Gasteiger partial charge on any atom is -0.302 e. The molecular weight excluding hydrogens is 332 g/mol. The maximum atomic E-state index is 14.4. The summed E-state index contributed by atoms with van der Waals surface area (Å²) in [5.74, 6) is -1.75. The second-order valence-corrected chi connectivity index (χ2v) is 6.45. The number of nitrogens with zero attached hydrogens (tertiary/aromatic N) is 1. The molecule has 1 fully saturated rings. The van der Waals surface area contributed by atoms with Crippen molar-refractivity contribution >= 4 is 23.2 Å². The van der Waals surface area contributed by atoms with Crippen LogP contribution in [0, 0.1) is 11.6 Å². The summed E-state index contributed by atoms with van der Waals surface area (Å²) in [5.41, 5.74) is 0.432. The van der Waals surface area contributed by atoms with Crippen LogP contribution in [0.5, 0.6) is 0 Å². The first-order valence-electron chi connectivity index (χ1n) is 8.11. The van der Waals surface area contributed by atoms with Crippen LogP contribution in [0.15, 0.2) is 42.5 Å². The molecule has 1 amide bonds. The Hall–Kier alpha value is -1.94. The van der Waals surface area contributed by atoms with E-state index in [1.165, 1.54) is 17.0 Å². The fraction of sp³-hybridized carbons (Fsp3) is 0.316. The summed E-state index contributed by atoms with van der Waals surface area (Å²) < 4.78 is 27.6. The highest BCUT2D eigenvalue weighted by molar-refractivity contribution is 6.34. The largest absolute Gasteiger partial charge is 0.302 e. The standard InChI is InChI=1S/C19H18ClF2NO/c20-16-9-5-4-8-15(16)19(24)23(14-6-2-1-3-7-14)18-11-10-13(21)12-17(18)22/h4-5,8-12,14H,1-3,6-7H2. The van der Waals surface area contributed by atoms with Gasteiger partial charge in [0, 0.05) is 12.1 Å². The van der Waals surface area contributed by atoms with Gasteiger partial charge in [-0.1, -0.05) is 43.0 Å². The molecule has 5 heteroatoms. The zero-order valence-electron chi connectivity index (χ0n) is 13.1. The van der Waals surface area contributed by atoms with Gasteiger partial charge in [-0.15, -0.1) is 0 Å². The van der Waals surface area contributed by atoms with Crippen LogP contribution in [0.2, 0.25) is 5.02 Å². The number of amides is 1. The van der Waals surface area contributed by atoms with E-state index in [9.17, 15) is 13.6 Å². The topological polar surface area (TPSA) is 20.3 Å². The van der Waals surface area contributed by atoms with Crippen molar-refractivity contribution in [2.24, 2.45) is 0 Å². The van der Waals surface area contributed by atoms with E-state index < -0.39 is 11.6 Å². The van der Waals surface area contributed by atoms with Gasteiger partial charge < -0.3 is 4.90 Å². The van der Waals surface area contributed by atoms with E-state index in [1.54, 1.807) is 24.3 Å². The average molecular weight is 350 g/mol. The van der Waals surface area contributed by atoms with Crippen LogP contribution in [-0.2, 0) is 0 Å². The van der Waals surface area contributed by atoms with E-state index in [1.807, 2.05) is 0 Å². The van der Waals surface area contributed by atoms with Crippen molar-refractivity contribution in [2.45, 2.75) is 38.1 Å². The van der Waals surface area contributed by atoms with Gasteiger partial charge in [0.1, 0.15) is 11.6 Å². The number of rotatable bonds is 3. The molecular formula is C19H18ClF2NO. The van der Waals surface area contributed by atoms with Gasteiger partial charge in [-0.25, -0.2) is 8.78 Å². The molecule has 0 spiro atoms. The lowest BCUT2D eigenvalue weighted by atomic mass is 9.93. The molecule has 0 saturated heterocycles. The number of hydrogen-bond donors (Lipinski definition) is 0. The molecule has 2 aromatic rings. The molecule has 0 radical (unpaired) electrons. The highest BCUT2D eigenvalue weighted by Crippen LogP contribution is 2.32. The lowest BCUT2D eigenvalue weighted by Gasteiger charge is -2.35. The fourth-order valence-corrected chi connectivity index (χ4v) is 3.47. The Bertz CT molecular complexity index is 744. The van der Waals surface area contributed by atoms with Crippen molar-refractivity contribution in [3.63, 3.8) is 0 Å². The van der Waals surface area contributed by atoms with Crippen LogP contribution in [0.4, 0.5) is 14.5 Å². The number of halogens is 3. The van der Waals surface area contributed by atoms with Crippen molar-refractivity contribution in [1.82, 2.24) is 0 Å². The van der Waals surface area contributed by atoms with Gasteiger partial charge in [-0.3, -0.25) is 4.79 Å². The first kappa shape index (κ1) is 16.9. The van der Waals surface area contributed by atoms with Gasteiger partial charge >= 0.3 is 0 Å². The molecule has 0 aliphatic heterocycles. The van der Waals surface area contributed by atoms with E-state index in [0.29, 0.717) is 10.6 Å². The van der Waals surface area contributed by atoms with E-state index in [4.69, 9.17) is 11.6 Å². The second-order valence-electron chi connectivity index (χ2n) is 6.04. The van der Waals surface area contributed by atoms with Crippen molar-refractivity contribution in [3.8, 4) is 0 Å². The number of carbonyl (C=O) groups excluding carboxylic acids is 1. The summed E-state index contributed by atoms with van der Waals surface area (Å²) in [4.78, 5) is 14.5. The second kappa shape index (κ2) is 7.31. The van der Waals surface area contributed by atoms with Gasteiger partial charge in [0.25, 0.3) is 5.91 Å². The predicted octanol–water partition coefficient (Wildman–Crippen LogP) is 5.60. The molecule has 126 valence electrons. The van der Waals surface area contributed by atoms with E-state index in [-0.39, 0.29) is 17.6 Å². The zero-order valence-corrected chi connectivity index (χ0v) is 13.9. The lowest BCUT2D eigenvalue weighted by Crippen LogP contribution is -2.42. The molecule has 0 bridgehead atoms. The van der Waals surface area contributed by atoms with Crippen LogP contribution < -0.4 is 4.90 Å². The minimum absolute atomic E-state index is 0.105. The van der Waals surface area contributed by atoms with Crippen molar-refractivity contribution < 1.29 is 13.6 Å². The fourth-order valence-electron chi connectivity index (χ4n) is 3.25. The quantitative estimate of drug-likeness (QED) is 0.706. The summed E-state index contributed by atoms with van der Waals surface area (Å²) in [7, 11) is 0. The smallest absolute Gasteiger partial charge is 0.260 e. The molecule has 3 rings (SSSR count). The first-order valence-corrected chi connectivity index (χ1v) is 8.49. The predicted molar refractivity (Wildman–Crippen MR) is 91.5 cm³/mol. The average Bonchev–Trinajstić information content (AvgIpc) is 2.58. The molecule has 0 unspecified atom stereocenters. The molecule has 0 N–H and O–H groups in total. The Labute approximate surface area is 145 Å². The minimum atomic E-state index is -0.735. The zero-order chi connectivity index (χ0) is 17.1. The van der Waals surface area contributed by atoms with Crippen LogP contribution >= 0.6 is 11.6 Å². The van der Waals surface area contributed by atoms with Gasteiger partial charge in [-0.2, -0.15) is 0 Å². The number of benzene rings is 2. The lowest BCUT2D eigenvalue weighted by molar-refractivity contribution is 0.0969. The number of hydrogen-bond acceptors (Lipinski definition) is 1.